The van der Waals surface area contributed by atoms with E-state index in [0.717, 1.165) is 10.1 Å². The molecule has 0 aliphatic rings. The predicted molar refractivity (Wildman–Crippen MR) is 98.2 cm³/mol. The van der Waals surface area contributed by atoms with E-state index in [1.54, 1.807) is 24.7 Å². The van der Waals surface area contributed by atoms with Crippen molar-refractivity contribution >= 4 is 17.0 Å². The third-order valence-corrected chi connectivity index (χ3v) is 4.45. The van der Waals surface area contributed by atoms with Crippen molar-refractivity contribution < 1.29 is 0 Å². The molecular weight excluding hydrogens is 334 g/mol. The number of nitrogens with two attached hydrogens (primary N) is 1. The molecule has 2 N–H and O–H groups in total. The van der Waals surface area contributed by atoms with Crippen molar-refractivity contribution in [2.75, 3.05) is 5.73 Å². The van der Waals surface area contributed by atoms with Crippen LogP contribution >= 0.6 is 0 Å². The highest BCUT2D eigenvalue weighted by atomic mass is 16.2. The molecule has 0 fully saturated rings. The molecule has 0 aliphatic carbocycles. The largest absolute Gasteiger partial charge is 0.383 e. The van der Waals surface area contributed by atoms with Crippen LogP contribution in [0.3, 0.4) is 0 Å². The molecule has 26 heavy (non-hydrogen) atoms. The quantitative estimate of drug-likeness (QED) is 0.563. The molecule has 132 valence electrons. The van der Waals surface area contributed by atoms with E-state index in [9.17, 15) is 9.59 Å². The molecule has 9 nitrogen and oxygen atoms in total. The molecule has 0 saturated carbocycles. The van der Waals surface area contributed by atoms with Crippen molar-refractivity contribution in [3.8, 4) is 17.2 Å². The first kappa shape index (κ1) is 15.9. The fourth-order valence-corrected chi connectivity index (χ4v) is 3.00. The molecule has 0 atom stereocenters. The van der Waals surface area contributed by atoms with Crippen LogP contribution in [0.25, 0.3) is 28.4 Å². The zero-order chi connectivity index (χ0) is 18.6. The van der Waals surface area contributed by atoms with Crippen molar-refractivity contribution in [3.05, 3.63) is 57.2 Å². The second-order valence-corrected chi connectivity index (χ2v) is 6.08. The van der Waals surface area contributed by atoms with Crippen LogP contribution in [0.2, 0.25) is 0 Å². The summed E-state index contributed by atoms with van der Waals surface area (Å²) in [5.74, 6) is 0.738. The van der Waals surface area contributed by atoms with E-state index >= 15 is 0 Å². The summed E-state index contributed by atoms with van der Waals surface area (Å²) in [7, 11) is 4.70. The lowest BCUT2D eigenvalue weighted by Crippen LogP contribution is -2.37. The van der Waals surface area contributed by atoms with Crippen LogP contribution in [0, 0.1) is 0 Å². The first-order chi connectivity index (χ1) is 12.4. The van der Waals surface area contributed by atoms with Crippen molar-refractivity contribution in [2.45, 2.75) is 0 Å². The molecule has 0 saturated heterocycles. The highest BCUT2D eigenvalue weighted by Crippen LogP contribution is 2.23. The maximum atomic E-state index is 12.5. The zero-order valence-electron chi connectivity index (χ0n) is 14.5. The molecule has 0 spiro atoms. The summed E-state index contributed by atoms with van der Waals surface area (Å²) in [4.78, 5) is 29.1. The molecule has 0 unspecified atom stereocenters. The van der Waals surface area contributed by atoms with Gasteiger partial charge in [0.2, 0.25) is 5.95 Å². The molecule has 4 rings (SSSR count). The van der Waals surface area contributed by atoms with E-state index in [1.807, 2.05) is 30.3 Å². The van der Waals surface area contributed by atoms with E-state index < -0.39 is 11.2 Å². The third-order valence-electron chi connectivity index (χ3n) is 4.45. The molecule has 0 amide bonds. The van der Waals surface area contributed by atoms with Gasteiger partial charge in [0.15, 0.2) is 11.2 Å². The summed E-state index contributed by atoms with van der Waals surface area (Å²) < 4.78 is 5.44. The van der Waals surface area contributed by atoms with Gasteiger partial charge in [-0.1, -0.05) is 30.3 Å². The average Bonchev–Trinajstić information content (AvgIpc) is 3.19. The van der Waals surface area contributed by atoms with Crippen molar-refractivity contribution in [2.24, 2.45) is 21.1 Å². The van der Waals surface area contributed by atoms with Crippen molar-refractivity contribution in [1.82, 2.24) is 28.5 Å². The number of anilines is 1. The molecular formula is C17H17N7O2. The van der Waals surface area contributed by atoms with E-state index in [4.69, 9.17) is 5.73 Å². The standard InChI is InChI=1S/C17H17N7O2/c1-21-13-14(22(2)17(26)23(3)15(13)25)19-16(21)24-12(18)9-11(20-24)10-7-5-4-6-8-10/h4-9H,18H2,1-3H3. The highest BCUT2D eigenvalue weighted by Gasteiger charge is 2.20. The Morgan fingerprint density at radius 3 is 2.35 bits per heavy atom. The minimum atomic E-state index is -0.439. The van der Waals surface area contributed by atoms with Crippen LogP contribution in [-0.4, -0.2) is 28.5 Å². The van der Waals surface area contributed by atoms with Gasteiger partial charge in [-0.25, -0.2) is 4.79 Å². The molecule has 1 aromatic carbocycles. The first-order valence-electron chi connectivity index (χ1n) is 7.94. The van der Waals surface area contributed by atoms with Gasteiger partial charge in [0, 0.05) is 32.8 Å². The van der Waals surface area contributed by atoms with Crippen molar-refractivity contribution in [1.29, 1.82) is 0 Å². The molecule has 3 aromatic heterocycles. The smallest absolute Gasteiger partial charge is 0.332 e. The van der Waals surface area contributed by atoms with Gasteiger partial charge in [0.1, 0.15) is 5.82 Å². The lowest BCUT2D eigenvalue weighted by atomic mass is 10.2. The Labute approximate surface area is 147 Å². The maximum Gasteiger partial charge on any atom is 0.332 e. The van der Waals surface area contributed by atoms with Gasteiger partial charge in [0.05, 0.1) is 5.69 Å². The molecule has 0 aliphatic heterocycles. The Morgan fingerprint density at radius 1 is 0.962 bits per heavy atom. The first-order valence-corrected chi connectivity index (χ1v) is 7.94. The fourth-order valence-electron chi connectivity index (χ4n) is 3.00. The van der Waals surface area contributed by atoms with E-state index in [2.05, 4.69) is 10.1 Å². The number of imidazole rings is 1. The van der Waals surface area contributed by atoms with Crippen molar-refractivity contribution in [3.63, 3.8) is 0 Å². The normalized spacial score (nSPS) is 11.3. The summed E-state index contributed by atoms with van der Waals surface area (Å²) in [6.45, 7) is 0. The van der Waals surface area contributed by atoms with Gasteiger partial charge < -0.3 is 10.3 Å². The monoisotopic (exact) mass is 351 g/mol. The molecule has 0 radical (unpaired) electrons. The minimum Gasteiger partial charge on any atom is -0.383 e. The Bertz CT molecular complexity index is 1260. The highest BCUT2D eigenvalue weighted by molar-refractivity contribution is 5.73. The van der Waals surface area contributed by atoms with E-state index in [1.165, 1.54) is 16.3 Å². The van der Waals surface area contributed by atoms with Crippen LogP contribution < -0.4 is 17.0 Å². The summed E-state index contributed by atoms with van der Waals surface area (Å²) >= 11 is 0. The third kappa shape index (κ3) is 2.10. The van der Waals surface area contributed by atoms with Gasteiger partial charge >= 0.3 is 5.69 Å². The van der Waals surface area contributed by atoms with Crippen LogP contribution in [0.4, 0.5) is 5.82 Å². The Balaban J connectivity index is 2.00. The Hall–Kier alpha value is -3.62. The topological polar surface area (TPSA) is 106 Å². The van der Waals surface area contributed by atoms with Crippen LogP contribution in [0.1, 0.15) is 0 Å². The van der Waals surface area contributed by atoms with Gasteiger partial charge in [-0.15, -0.1) is 0 Å². The van der Waals surface area contributed by atoms with Crippen LogP contribution in [0.15, 0.2) is 46.0 Å². The predicted octanol–water partition coefficient (Wildman–Crippen LogP) is 0.406. The van der Waals surface area contributed by atoms with Gasteiger partial charge in [0.25, 0.3) is 5.56 Å². The number of aromatic nitrogens is 6. The Kier molecular flexibility index (Phi) is 3.33. The summed E-state index contributed by atoms with van der Waals surface area (Å²) in [5, 5.41) is 4.52. The maximum absolute atomic E-state index is 12.5. The lowest BCUT2D eigenvalue weighted by Gasteiger charge is -2.04. The van der Waals surface area contributed by atoms with Gasteiger partial charge in [-0.2, -0.15) is 14.8 Å². The number of aryl methyl sites for hydroxylation is 2. The lowest BCUT2D eigenvalue weighted by molar-refractivity contribution is 0.705. The second-order valence-electron chi connectivity index (χ2n) is 6.08. The number of fused-ring (bicyclic) bond motifs is 1. The summed E-state index contributed by atoms with van der Waals surface area (Å²) in [5.41, 5.74) is 7.47. The molecule has 3 heterocycles. The average molecular weight is 351 g/mol. The molecule has 4 aromatic rings. The number of hydrogen-bond donors (Lipinski definition) is 1. The summed E-state index contributed by atoms with van der Waals surface area (Å²) in [6.07, 6.45) is 0. The van der Waals surface area contributed by atoms with Gasteiger partial charge in [-0.05, 0) is 0 Å². The number of rotatable bonds is 2. The number of nitrogen functional groups attached to an aromatic ring is 1. The van der Waals surface area contributed by atoms with Gasteiger partial charge in [-0.3, -0.25) is 13.9 Å². The fraction of sp³-hybridized carbons (Fsp3) is 0.176. The Morgan fingerprint density at radius 2 is 1.65 bits per heavy atom. The number of benzene rings is 1. The minimum absolute atomic E-state index is 0.284. The van der Waals surface area contributed by atoms with E-state index in [-0.39, 0.29) is 5.65 Å². The van der Waals surface area contributed by atoms with Crippen LogP contribution in [-0.2, 0) is 21.1 Å². The molecule has 9 heteroatoms. The van der Waals surface area contributed by atoms with Crippen LogP contribution in [0.5, 0.6) is 0 Å². The molecule has 0 bridgehead atoms. The zero-order valence-corrected chi connectivity index (χ0v) is 14.5. The number of nitrogens with zero attached hydrogens (tertiary/aromatic N) is 6. The second kappa shape index (κ2) is 5.45. The SMILES string of the molecule is Cn1c(=O)c2c(nc(-n3nc(-c4ccccc4)cc3N)n2C)n(C)c1=O. The van der Waals surface area contributed by atoms with E-state index in [0.29, 0.717) is 23.0 Å². The summed E-state index contributed by atoms with van der Waals surface area (Å²) in [6, 6.07) is 11.4. The number of hydrogen-bond acceptors (Lipinski definition) is 5.